The number of pyridine rings is 1. The number of nitrogens with zero attached hydrogens (tertiary/aromatic N) is 1. The number of aromatic hydroxyl groups is 1. The Hall–Kier alpha value is -3.15. The van der Waals surface area contributed by atoms with Gasteiger partial charge in [0.15, 0.2) is 0 Å². The fourth-order valence-corrected chi connectivity index (χ4v) is 2.46. The molecule has 1 heterocycles. The van der Waals surface area contributed by atoms with Crippen molar-refractivity contribution < 1.29 is 14.3 Å². The first-order chi connectivity index (χ1) is 11.0. The molecule has 0 unspecified atom stereocenters. The van der Waals surface area contributed by atoms with Crippen LogP contribution in [0, 0.1) is 5.82 Å². The van der Waals surface area contributed by atoms with Gasteiger partial charge in [0, 0.05) is 30.4 Å². The Morgan fingerprint density at radius 1 is 1.22 bits per heavy atom. The molecule has 2 N–H and O–H groups in total. The number of carbonyl (C=O) groups is 1. The number of hydrogen-bond acceptors (Lipinski definition) is 3. The van der Waals surface area contributed by atoms with Gasteiger partial charge in [0.05, 0.1) is 5.52 Å². The van der Waals surface area contributed by atoms with Gasteiger partial charge < -0.3 is 15.0 Å². The van der Waals surface area contributed by atoms with E-state index in [2.05, 4.69) is 5.32 Å². The van der Waals surface area contributed by atoms with E-state index in [1.165, 1.54) is 41.1 Å². The van der Waals surface area contributed by atoms with Crippen LogP contribution >= 0.6 is 0 Å². The molecule has 0 bridgehead atoms. The minimum Gasteiger partial charge on any atom is -0.508 e. The zero-order valence-corrected chi connectivity index (χ0v) is 12.2. The van der Waals surface area contributed by atoms with Gasteiger partial charge in [-0.1, -0.05) is 12.1 Å². The quantitative estimate of drug-likeness (QED) is 0.764. The van der Waals surface area contributed by atoms with Crippen LogP contribution in [0.5, 0.6) is 5.75 Å². The second kappa shape index (κ2) is 5.57. The standard InChI is InChI=1S/C17H13FN2O3/c1-20-9-13(16(22)12-6-3-7-14(18)15(12)20)17(23)19-10-4-2-5-11(21)8-10/h2-9,21H,1H3,(H,19,23). The molecule has 0 aliphatic carbocycles. The Balaban J connectivity index is 2.08. The molecule has 3 aromatic rings. The molecule has 0 saturated heterocycles. The third kappa shape index (κ3) is 2.66. The van der Waals surface area contributed by atoms with E-state index in [1.54, 1.807) is 19.2 Å². The molecule has 0 aliphatic rings. The average molecular weight is 312 g/mol. The summed E-state index contributed by atoms with van der Waals surface area (Å²) in [5.41, 5.74) is -0.146. The molecule has 23 heavy (non-hydrogen) atoms. The number of aryl methyl sites for hydroxylation is 1. The molecule has 1 amide bonds. The van der Waals surface area contributed by atoms with Crippen molar-refractivity contribution in [3.05, 3.63) is 70.3 Å². The van der Waals surface area contributed by atoms with Gasteiger partial charge in [-0.05, 0) is 24.3 Å². The molecular weight excluding hydrogens is 299 g/mol. The molecule has 0 fully saturated rings. The van der Waals surface area contributed by atoms with E-state index in [-0.39, 0.29) is 22.2 Å². The van der Waals surface area contributed by atoms with Crippen LogP contribution in [0.15, 0.2) is 53.5 Å². The number of benzene rings is 2. The molecule has 0 saturated carbocycles. The fourth-order valence-electron chi connectivity index (χ4n) is 2.46. The monoisotopic (exact) mass is 312 g/mol. The summed E-state index contributed by atoms with van der Waals surface area (Å²) in [7, 11) is 1.57. The van der Waals surface area contributed by atoms with Crippen LogP contribution in [0.2, 0.25) is 0 Å². The normalized spacial score (nSPS) is 10.7. The zero-order chi connectivity index (χ0) is 16.6. The van der Waals surface area contributed by atoms with E-state index in [9.17, 15) is 19.1 Å². The smallest absolute Gasteiger partial charge is 0.261 e. The Labute approximate surface area is 130 Å². The number of para-hydroxylation sites is 1. The molecule has 2 aromatic carbocycles. The first kappa shape index (κ1) is 14.8. The molecule has 0 spiro atoms. The average Bonchev–Trinajstić information content (AvgIpc) is 2.50. The summed E-state index contributed by atoms with van der Waals surface area (Å²) in [4.78, 5) is 24.8. The van der Waals surface area contributed by atoms with Crippen LogP contribution in [-0.2, 0) is 7.05 Å². The fraction of sp³-hybridized carbons (Fsp3) is 0.0588. The number of aromatic nitrogens is 1. The number of phenolic OH excluding ortho intramolecular Hbond substituents is 1. The molecule has 3 rings (SSSR count). The first-order valence-corrected chi connectivity index (χ1v) is 6.85. The Morgan fingerprint density at radius 2 is 1.96 bits per heavy atom. The lowest BCUT2D eigenvalue weighted by Crippen LogP contribution is -2.23. The Kier molecular flexibility index (Phi) is 3.57. The summed E-state index contributed by atoms with van der Waals surface area (Å²) in [5.74, 6) is -1.15. The molecule has 0 aliphatic heterocycles. The van der Waals surface area contributed by atoms with Crippen molar-refractivity contribution in [1.29, 1.82) is 0 Å². The SMILES string of the molecule is Cn1cc(C(=O)Nc2cccc(O)c2)c(=O)c2cccc(F)c21. The Morgan fingerprint density at radius 3 is 2.70 bits per heavy atom. The Bertz CT molecular complexity index is 979. The van der Waals surface area contributed by atoms with Crippen LogP contribution in [0.3, 0.4) is 0 Å². The number of fused-ring (bicyclic) bond motifs is 1. The largest absolute Gasteiger partial charge is 0.508 e. The number of halogens is 1. The maximum Gasteiger partial charge on any atom is 0.261 e. The highest BCUT2D eigenvalue weighted by molar-refractivity contribution is 6.05. The van der Waals surface area contributed by atoms with Gasteiger partial charge in [-0.3, -0.25) is 9.59 Å². The molecule has 5 nitrogen and oxygen atoms in total. The minimum atomic E-state index is -0.623. The van der Waals surface area contributed by atoms with Crippen LogP contribution in [0.25, 0.3) is 10.9 Å². The topological polar surface area (TPSA) is 71.3 Å². The van der Waals surface area contributed by atoms with Crippen LogP contribution < -0.4 is 10.7 Å². The number of hydrogen-bond donors (Lipinski definition) is 2. The molecule has 6 heteroatoms. The third-order valence-electron chi connectivity index (χ3n) is 3.50. The van der Waals surface area contributed by atoms with Gasteiger partial charge in [0.25, 0.3) is 5.91 Å². The van der Waals surface area contributed by atoms with E-state index in [0.717, 1.165) is 0 Å². The van der Waals surface area contributed by atoms with Gasteiger partial charge >= 0.3 is 0 Å². The maximum atomic E-state index is 13.9. The van der Waals surface area contributed by atoms with E-state index < -0.39 is 17.2 Å². The van der Waals surface area contributed by atoms with Crippen molar-refractivity contribution in [1.82, 2.24) is 4.57 Å². The molecule has 0 radical (unpaired) electrons. The summed E-state index contributed by atoms with van der Waals surface area (Å²) in [6, 6.07) is 10.1. The summed E-state index contributed by atoms with van der Waals surface area (Å²) in [6.45, 7) is 0. The summed E-state index contributed by atoms with van der Waals surface area (Å²) >= 11 is 0. The molecule has 116 valence electrons. The van der Waals surface area contributed by atoms with E-state index in [4.69, 9.17) is 0 Å². The zero-order valence-electron chi connectivity index (χ0n) is 12.2. The van der Waals surface area contributed by atoms with E-state index in [1.807, 2.05) is 0 Å². The number of rotatable bonds is 2. The first-order valence-electron chi connectivity index (χ1n) is 6.85. The third-order valence-corrected chi connectivity index (χ3v) is 3.50. The highest BCUT2D eigenvalue weighted by Crippen LogP contribution is 2.18. The molecular formula is C17H13FN2O3. The maximum absolute atomic E-state index is 13.9. The van der Waals surface area contributed by atoms with Crippen molar-refractivity contribution >= 4 is 22.5 Å². The van der Waals surface area contributed by atoms with Crippen LogP contribution in [0.4, 0.5) is 10.1 Å². The molecule has 1 aromatic heterocycles. The van der Waals surface area contributed by atoms with Crippen molar-refractivity contribution in [2.45, 2.75) is 0 Å². The van der Waals surface area contributed by atoms with Crippen molar-refractivity contribution in [3.8, 4) is 5.75 Å². The van der Waals surface area contributed by atoms with E-state index in [0.29, 0.717) is 5.69 Å². The minimum absolute atomic E-state index is 0.00344. The second-order valence-corrected chi connectivity index (χ2v) is 5.12. The van der Waals surface area contributed by atoms with Gasteiger partial charge in [-0.25, -0.2) is 4.39 Å². The number of amides is 1. The van der Waals surface area contributed by atoms with Crippen LogP contribution in [0.1, 0.15) is 10.4 Å². The number of nitrogens with one attached hydrogen (secondary N) is 1. The van der Waals surface area contributed by atoms with Gasteiger partial charge in [-0.2, -0.15) is 0 Å². The van der Waals surface area contributed by atoms with Gasteiger partial charge in [0.2, 0.25) is 5.43 Å². The summed E-state index contributed by atoms with van der Waals surface area (Å²) in [5, 5.41) is 12.1. The van der Waals surface area contributed by atoms with Crippen molar-refractivity contribution in [2.75, 3.05) is 5.32 Å². The lowest BCUT2D eigenvalue weighted by Gasteiger charge is -2.10. The van der Waals surface area contributed by atoms with Crippen LogP contribution in [-0.4, -0.2) is 15.6 Å². The summed E-state index contributed by atoms with van der Waals surface area (Å²) < 4.78 is 15.3. The number of carbonyl (C=O) groups excluding carboxylic acids is 1. The summed E-state index contributed by atoms with van der Waals surface area (Å²) in [6.07, 6.45) is 1.30. The van der Waals surface area contributed by atoms with Gasteiger partial charge in [-0.15, -0.1) is 0 Å². The highest BCUT2D eigenvalue weighted by Gasteiger charge is 2.16. The predicted octanol–water partition coefficient (Wildman–Crippen LogP) is 2.64. The lowest BCUT2D eigenvalue weighted by atomic mass is 10.1. The van der Waals surface area contributed by atoms with Crippen molar-refractivity contribution in [2.24, 2.45) is 7.05 Å². The molecule has 0 atom stereocenters. The van der Waals surface area contributed by atoms with E-state index >= 15 is 0 Å². The highest BCUT2D eigenvalue weighted by atomic mass is 19.1. The lowest BCUT2D eigenvalue weighted by molar-refractivity contribution is 0.102. The second-order valence-electron chi connectivity index (χ2n) is 5.12. The predicted molar refractivity (Wildman–Crippen MR) is 85.2 cm³/mol. The number of phenols is 1. The number of anilines is 1. The van der Waals surface area contributed by atoms with Crippen molar-refractivity contribution in [3.63, 3.8) is 0 Å². The van der Waals surface area contributed by atoms with Gasteiger partial charge in [0.1, 0.15) is 17.1 Å².